The molecule has 1 aromatic rings. The van der Waals surface area contributed by atoms with Crippen LogP contribution in [0, 0.1) is 5.41 Å². The highest BCUT2D eigenvalue weighted by molar-refractivity contribution is 7.90. The fourth-order valence-corrected chi connectivity index (χ4v) is 5.78. The minimum absolute atomic E-state index is 0.0490. The van der Waals surface area contributed by atoms with Crippen LogP contribution in [-0.2, 0) is 10.0 Å². The van der Waals surface area contributed by atoms with Crippen LogP contribution >= 0.6 is 0 Å². The summed E-state index contributed by atoms with van der Waals surface area (Å²) in [6.45, 7) is 1.16. The Morgan fingerprint density at radius 2 is 1.92 bits per heavy atom. The van der Waals surface area contributed by atoms with Gasteiger partial charge in [0.05, 0.1) is 11.4 Å². The third-order valence-electron chi connectivity index (χ3n) is 5.79. The van der Waals surface area contributed by atoms with Crippen LogP contribution < -0.4 is 5.32 Å². The Morgan fingerprint density at radius 1 is 1.17 bits per heavy atom. The van der Waals surface area contributed by atoms with Crippen molar-refractivity contribution in [3.05, 3.63) is 24.3 Å². The number of hydrogen-bond acceptors (Lipinski definition) is 5. The monoisotopic (exact) mass is 350 g/mol. The number of aromatic nitrogens is 2. The molecule has 0 bridgehead atoms. The SMILES string of the molecule is O=C(NC1CCC12CCN(S(=O)(=O)C1CC1)CC2)c1cnccn1. The largest absolute Gasteiger partial charge is 0.347 e. The van der Waals surface area contributed by atoms with E-state index in [2.05, 4.69) is 15.3 Å². The Hall–Kier alpha value is -1.54. The zero-order valence-electron chi connectivity index (χ0n) is 13.5. The molecule has 130 valence electrons. The summed E-state index contributed by atoms with van der Waals surface area (Å²) in [4.78, 5) is 20.2. The summed E-state index contributed by atoms with van der Waals surface area (Å²) >= 11 is 0. The molecule has 1 spiro atoms. The topological polar surface area (TPSA) is 92.3 Å². The van der Waals surface area contributed by atoms with Crippen molar-refractivity contribution < 1.29 is 13.2 Å². The van der Waals surface area contributed by atoms with E-state index in [0.717, 1.165) is 38.5 Å². The minimum Gasteiger partial charge on any atom is -0.347 e. The molecule has 3 fully saturated rings. The summed E-state index contributed by atoms with van der Waals surface area (Å²) < 4.78 is 26.4. The Morgan fingerprint density at radius 3 is 2.46 bits per heavy atom. The van der Waals surface area contributed by atoms with Gasteiger partial charge in [0.1, 0.15) is 5.69 Å². The maximum atomic E-state index is 12.4. The molecule has 1 amide bonds. The normalized spacial score (nSPS) is 26.8. The molecule has 7 nitrogen and oxygen atoms in total. The number of nitrogens with zero attached hydrogens (tertiary/aromatic N) is 3. The van der Waals surface area contributed by atoms with Gasteiger partial charge in [0.25, 0.3) is 5.91 Å². The van der Waals surface area contributed by atoms with Gasteiger partial charge in [-0.25, -0.2) is 17.7 Å². The van der Waals surface area contributed by atoms with Crippen LogP contribution in [0.4, 0.5) is 0 Å². The predicted molar refractivity (Wildman–Crippen MR) is 87.7 cm³/mol. The molecule has 8 heteroatoms. The van der Waals surface area contributed by atoms with E-state index in [-0.39, 0.29) is 22.6 Å². The molecule has 1 saturated heterocycles. The van der Waals surface area contributed by atoms with Crippen LogP contribution in [0.15, 0.2) is 18.6 Å². The molecule has 4 rings (SSSR count). The van der Waals surface area contributed by atoms with Gasteiger partial charge in [0.2, 0.25) is 10.0 Å². The van der Waals surface area contributed by atoms with E-state index in [0.29, 0.717) is 18.8 Å². The molecule has 1 unspecified atom stereocenters. The van der Waals surface area contributed by atoms with Crippen molar-refractivity contribution in [2.45, 2.75) is 49.8 Å². The minimum atomic E-state index is -3.08. The summed E-state index contributed by atoms with van der Waals surface area (Å²) in [5.74, 6) is -0.194. The molecular formula is C16H22N4O3S. The van der Waals surface area contributed by atoms with Crippen molar-refractivity contribution in [2.75, 3.05) is 13.1 Å². The Bertz CT molecular complexity index is 725. The summed E-state index contributed by atoms with van der Waals surface area (Å²) in [7, 11) is -3.08. The third kappa shape index (κ3) is 2.71. The predicted octanol–water partition coefficient (Wildman–Crippen LogP) is 0.943. The van der Waals surface area contributed by atoms with E-state index >= 15 is 0 Å². The smallest absolute Gasteiger partial charge is 0.271 e. The zero-order chi connectivity index (χ0) is 16.8. The van der Waals surface area contributed by atoms with E-state index in [1.54, 1.807) is 4.31 Å². The van der Waals surface area contributed by atoms with Crippen LogP contribution in [0.2, 0.25) is 0 Å². The Labute approximate surface area is 141 Å². The maximum absolute atomic E-state index is 12.4. The second-order valence-corrected chi connectivity index (χ2v) is 9.37. The van der Waals surface area contributed by atoms with E-state index in [1.807, 2.05) is 0 Å². The molecule has 2 saturated carbocycles. The second kappa shape index (κ2) is 5.77. The lowest BCUT2D eigenvalue weighted by Gasteiger charge is -2.53. The van der Waals surface area contributed by atoms with Crippen molar-refractivity contribution in [3.8, 4) is 0 Å². The lowest BCUT2D eigenvalue weighted by Crippen LogP contribution is -2.59. The lowest BCUT2D eigenvalue weighted by atomic mass is 9.59. The standard InChI is InChI=1S/C16H22N4O3S/c21-15(13-11-17-7-8-18-13)19-14-3-4-16(14)5-9-20(10-6-16)24(22,23)12-1-2-12/h7-8,11-12,14H,1-6,9-10H2,(H,19,21). The van der Waals surface area contributed by atoms with Gasteiger partial charge in [-0.15, -0.1) is 0 Å². The van der Waals surface area contributed by atoms with Crippen LogP contribution in [0.25, 0.3) is 0 Å². The van der Waals surface area contributed by atoms with Gasteiger partial charge in [-0.3, -0.25) is 9.78 Å². The van der Waals surface area contributed by atoms with Crippen molar-refractivity contribution in [1.29, 1.82) is 0 Å². The Balaban J connectivity index is 1.38. The van der Waals surface area contributed by atoms with Gasteiger partial charge in [-0.1, -0.05) is 0 Å². The second-order valence-electron chi connectivity index (χ2n) is 7.16. The number of rotatable bonds is 4. The molecule has 1 N–H and O–H groups in total. The van der Waals surface area contributed by atoms with Crippen molar-refractivity contribution in [3.63, 3.8) is 0 Å². The average Bonchev–Trinajstić information content (AvgIpc) is 3.45. The van der Waals surface area contributed by atoms with Crippen LogP contribution in [0.3, 0.4) is 0 Å². The first-order chi connectivity index (χ1) is 11.5. The molecule has 1 aromatic heterocycles. The van der Waals surface area contributed by atoms with E-state index < -0.39 is 10.0 Å². The first kappa shape index (κ1) is 16.0. The fraction of sp³-hybridized carbons (Fsp3) is 0.688. The summed E-state index contributed by atoms with van der Waals surface area (Å²) in [5.41, 5.74) is 0.376. The van der Waals surface area contributed by atoms with Gasteiger partial charge < -0.3 is 5.32 Å². The summed E-state index contributed by atoms with van der Waals surface area (Å²) in [6, 6.07) is 0.109. The molecule has 24 heavy (non-hydrogen) atoms. The van der Waals surface area contributed by atoms with Crippen LogP contribution in [-0.4, -0.2) is 53.0 Å². The Kier molecular flexibility index (Phi) is 3.84. The van der Waals surface area contributed by atoms with Crippen molar-refractivity contribution in [1.82, 2.24) is 19.6 Å². The van der Waals surface area contributed by atoms with E-state index in [1.165, 1.54) is 18.6 Å². The number of carbonyl (C=O) groups excluding carboxylic acids is 1. The molecule has 2 heterocycles. The van der Waals surface area contributed by atoms with Gasteiger partial charge in [0, 0.05) is 31.5 Å². The van der Waals surface area contributed by atoms with Crippen molar-refractivity contribution in [2.24, 2.45) is 5.41 Å². The highest BCUT2D eigenvalue weighted by Crippen LogP contribution is 2.50. The zero-order valence-corrected chi connectivity index (χ0v) is 14.3. The molecule has 0 aromatic carbocycles. The van der Waals surface area contributed by atoms with Gasteiger partial charge >= 0.3 is 0 Å². The number of amides is 1. The quantitative estimate of drug-likeness (QED) is 0.872. The highest BCUT2D eigenvalue weighted by atomic mass is 32.2. The first-order valence-electron chi connectivity index (χ1n) is 8.57. The average molecular weight is 350 g/mol. The van der Waals surface area contributed by atoms with Crippen molar-refractivity contribution >= 4 is 15.9 Å². The third-order valence-corrected chi connectivity index (χ3v) is 8.19. The lowest BCUT2D eigenvalue weighted by molar-refractivity contribution is 0.0124. The first-order valence-corrected chi connectivity index (χ1v) is 10.1. The van der Waals surface area contributed by atoms with E-state index in [4.69, 9.17) is 0 Å². The number of hydrogen-bond donors (Lipinski definition) is 1. The summed E-state index contributed by atoms with van der Waals surface area (Å²) in [5, 5.41) is 2.93. The number of piperidine rings is 1. The fourth-order valence-electron chi connectivity index (χ4n) is 3.93. The van der Waals surface area contributed by atoms with E-state index in [9.17, 15) is 13.2 Å². The van der Waals surface area contributed by atoms with Crippen LogP contribution in [0.1, 0.15) is 49.0 Å². The molecule has 1 aliphatic heterocycles. The maximum Gasteiger partial charge on any atom is 0.271 e. The highest BCUT2D eigenvalue weighted by Gasteiger charge is 2.51. The molecule has 1 atom stereocenters. The molecule has 0 radical (unpaired) electrons. The van der Waals surface area contributed by atoms with Gasteiger partial charge in [-0.05, 0) is 43.9 Å². The number of carbonyl (C=O) groups is 1. The van der Waals surface area contributed by atoms with Gasteiger partial charge in [-0.2, -0.15) is 0 Å². The number of sulfonamides is 1. The van der Waals surface area contributed by atoms with Crippen LogP contribution in [0.5, 0.6) is 0 Å². The molecular weight excluding hydrogens is 328 g/mol. The summed E-state index contributed by atoms with van der Waals surface area (Å²) in [6.07, 6.45) is 9.77. The molecule has 2 aliphatic carbocycles. The number of nitrogens with one attached hydrogen (secondary N) is 1. The molecule has 3 aliphatic rings. The van der Waals surface area contributed by atoms with Gasteiger partial charge in [0.15, 0.2) is 0 Å².